The van der Waals surface area contributed by atoms with E-state index >= 15 is 0 Å². The normalized spacial score (nSPS) is 46.4. The van der Waals surface area contributed by atoms with E-state index in [1.165, 1.54) is 44.9 Å². The van der Waals surface area contributed by atoms with Gasteiger partial charge in [-0.25, -0.2) is 8.78 Å². The Morgan fingerprint density at radius 3 is 1.81 bits per heavy atom. The van der Waals surface area contributed by atoms with E-state index in [1.807, 2.05) is 6.92 Å². The fourth-order valence-electron chi connectivity index (χ4n) is 5.47. The quantitative estimate of drug-likeness (QED) is 0.578. The fraction of sp³-hybridized carbons (Fsp3) is 1.00. The van der Waals surface area contributed by atoms with Crippen molar-refractivity contribution in [2.45, 2.75) is 89.9 Å². The van der Waals surface area contributed by atoms with E-state index in [-0.39, 0.29) is 11.8 Å². The van der Waals surface area contributed by atoms with E-state index in [1.54, 1.807) is 0 Å². The summed E-state index contributed by atoms with van der Waals surface area (Å²) in [5.74, 6) is 2.24. The van der Waals surface area contributed by atoms with Crippen molar-refractivity contribution in [1.29, 1.82) is 0 Å². The lowest BCUT2D eigenvalue weighted by atomic mass is 9.65. The van der Waals surface area contributed by atoms with Gasteiger partial charge in [-0.3, -0.25) is 0 Å². The van der Waals surface area contributed by atoms with E-state index in [9.17, 15) is 8.78 Å². The molecule has 0 aliphatic heterocycles. The molecule has 0 bridgehead atoms. The number of rotatable bonds is 2. The van der Waals surface area contributed by atoms with Crippen molar-refractivity contribution in [1.82, 2.24) is 0 Å². The summed E-state index contributed by atoms with van der Waals surface area (Å²) >= 11 is 0. The summed E-state index contributed by atoms with van der Waals surface area (Å²) in [7, 11) is 0. The second-order valence-electron chi connectivity index (χ2n) is 8.18. The lowest BCUT2D eigenvalue weighted by Crippen LogP contribution is -2.41. The maximum atomic E-state index is 14.4. The maximum absolute atomic E-state index is 14.4. The van der Waals surface area contributed by atoms with Crippen LogP contribution in [0.2, 0.25) is 0 Å². The summed E-state index contributed by atoms with van der Waals surface area (Å²) in [6.07, 6.45) is 11.4. The smallest absolute Gasteiger partial charge is 0.134 e. The van der Waals surface area contributed by atoms with Gasteiger partial charge < -0.3 is 0 Å². The summed E-state index contributed by atoms with van der Waals surface area (Å²) < 4.78 is 28.3. The number of alkyl halides is 2. The average molecular weight is 298 g/mol. The van der Waals surface area contributed by atoms with Gasteiger partial charge in [-0.15, -0.1) is 0 Å². The summed E-state index contributed by atoms with van der Waals surface area (Å²) in [5, 5.41) is 0. The second-order valence-corrected chi connectivity index (χ2v) is 8.18. The van der Waals surface area contributed by atoms with Crippen molar-refractivity contribution in [2.24, 2.45) is 29.6 Å². The highest BCUT2D eigenvalue weighted by Crippen LogP contribution is 2.46. The molecule has 3 rings (SSSR count). The molecule has 122 valence electrons. The van der Waals surface area contributed by atoms with Gasteiger partial charge in [-0.05, 0) is 68.1 Å². The summed E-state index contributed by atoms with van der Waals surface area (Å²) in [5.41, 5.74) is 0. The average Bonchev–Trinajstić information content (AvgIpc) is 2.54. The molecule has 0 saturated heterocycles. The van der Waals surface area contributed by atoms with Gasteiger partial charge in [-0.1, -0.05) is 39.0 Å². The Morgan fingerprint density at radius 2 is 1.14 bits per heavy atom. The first-order valence-corrected chi connectivity index (χ1v) is 9.45. The molecule has 0 nitrogen and oxygen atoms in total. The molecule has 2 heteroatoms. The van der Waals surface area contributed by atoms with Crippen LogP contribution in [-0.2, 0) is 0 Å². The molecule has 4 unspecified atom stereocenters. The molecule has 3 fully saturated rings. The third-order valence-electron chi connectivity index (χ3n) is 6.95. The van der Waals surface area contributed by atoms with E-state index < -0.39 is 12.3 Å². The molecule has 0 aromatic heterocycles. The highest BCUT2D eigenvalue weighted by molar-refractivity contribution is 4.92. The largest absolute Gasteiger partial charge is 0.244 e. The molecule has 0 radical (unpaired) electrons. The first-order chi connectivity index (χ1) is 10.2. The van der Waals surface area contributed by atoms with Crippen molar-refractivity contribution in [2.75, 3.05) is 0 Å². The van der Waals surface area contributed by atoms with Crippen LogP contribution in [0.15, 0.2) is 0 Å². The zero-order chi connectivity index (χ0) is 14.8. The second kappa shape index (κ2) is 6.96. The lowest BCUT2D eigenvalue weighted by Gasteiger charge is -2.42. The summed E-state index contributed by atoms with van der Waals surface area (Å²) in [6, 6.07) is 0. The van der Waals surface area contributed by atoms with Crippen LogP contribution in [0.25, 0.3) is 0 Å². The molecule has 0 aromatic rings. The van der Waals surface area contributed by atoms with Crippen LogP contribution in [0.3, 0.4) is 0 Å². The minimum absolute atomic E-state index is 0.0171. The van der Waals surface area contributed by atoms with Crippen LogP contribution in [0.4, 0.5) is 8.78 Å². The summed E-state index contributed by atoms with van der Waals surface area (Å²) in [4.78, 5) is 0. The van der Waals surface area contributed by atoms with Crippen LogP contribution >= 0.6 is 0 Å². The zero-order valence-electron chi connectivity index (χ0n) is 13.6. The predicted molar refractivity (Wildman–Crippen MR) is 83.7 cm³/mol. The van der Waals surface area contributed by atoms with Crippen LogP contribution in [0.5, 0.6) is 0 Å². The standard InChI is InChI=1S/C19H32F2/c1-13-7-12-17(19(21)18(13)20)16-10-8-15(9-11-16)14-5-3-2-4-6-14/h13-19H,2-12H2,1H3. The molecular formula is C19H32F2. The van der Waals surface area contributed by atoms with Crippen molar-refractivity contribution < 1.29 is 8.78 Å². The maximum Gasteiger partial charge on any atom is 0.134 e. The fourth-order valence-corrected chi connectivity index (χ4v) is 5.47. The van der Waals surface area contributed by atoms with Gasteiger partial charge in [0.2, 0.25) is 0 Å². The molecule has 3 aliphatic rings. The van der Waals surface area contributed by atoms with Crippen molar-refractivity contribution in [3.8, 4) is 0 Å². The molecule has 0 heterocycles. The number of halogens is 2. The third kappa shape index (κ3) is 3.45. The van der Waals surface area contributed by atoms with E-state index in [0.717, 1.165) is 37.5 Å². The summed E-state index contributed by atoms with van der Waals surface area (Å²) in [6.45, 7) is 1.87. The lowest BCUT2D eigenvalue weighted by molar-refractivity contribution is -0.00961. The van der Waals surface area contributed by atoms with Crippen LogP contribution in [-0.4, -0.2) is 12.3 Å². The Morgan fingerprint density at radius 1 is 0.571 bits per heavy atom. The van der Waals surface area contributed by atoms with Crippen LogP contribution in [0, 0.1) is 29.6 Å². The van der Waals surface area contributed by atoms with Gasteiger partial charge >= 0.3 is 0 Å². The van der Waals surface area contributed by atoms with Crippen molar-refractivity contribution in [3.63, 3.8) is 0 Å². The zero-order valence-corrected chi connectivity index (χ0v) is 13.6. The van der Waals surface area contributed by atoms with Crippen LogP contribution < -0.4 is 0 Å². The monoisotopic (exact) mass is 298 g/mol. The molecule has 0 N–H and O–H groups in total. The highest BCUT2D eigenvalue weighted by atomic mass is 19.2. The predicted octanol–water partition coefficient (Wildman–Crippen LogP) is 6.10. The Bertz CT molecular complexity index is 316. The Kier molecular flexibility index (Phi) is 5.22. The first-order valence-electron chi connectivity index (χ1n) is 9.45. The van der Waals surface area contributed by atoms with Gasteiger partial charge in [0.05, 0.1) is 0 Å². The number of hydrogen-bond donors (Lipinski definition) is 0. The third-order valence-corrected chi connectivity index (χ3v) is 6.95. The van der Waals surface area contributed by atoms with E-state index in [2.05, 4.69) is 0 Å². The molecule has 3 saturated carbocycles. The first kappa shape index (κ1) is 15.7. The molecule has 4 atom stereocenters. The molecule has 3 aliphatic carbocycles. The minimum Gasteiger partial charge on any atom is -0.244 e. The van der Waals surface area contributed by atoms with Gasteiger partial charge in [0.25, 0.3) is 0 Å². The van der Waals surface area contributed by atoms with E-state index in [4.69, 9.17) is 0 Å². The molecule has 0 aromatic carbocycles. The molecule has 21 heavy (non-hydrogen) atoms. The van der Waals surface area contributed by atoms with Gasteiger partial charge in [0.1, 0.15) is 12.3 Å². The topological polar surface area (TPSA) is 0 Å². The van der Waals surface area contributed by atoms with Crippen molar-refractivity contribution >= 4 is 0 Å². The number of hydrogen-bond acceptors (Lipinski definition) is 0. The molecular weight excluding hydrogens is 266 g/mol. The van der Waals surface area contributed by atoms with Gasteiger partial charge in [-0.2, -0.15) is 0 Å². The molecule has 0 amide bonds. The van der Waals surface area contributed by atoms with Crippen molar-refractivity contribution in [3.05, 3.63) is 0 Å². The minimum atomic E-state index is -1.21. The van der Waals surface area contributed by atoms with Gasteiger partial charge in [0, 0.05) is 0 Å². The SMILES string of the molecule is CC1CCC(C2CCC(C3CCCCC3)CC2)C(F)C1F. The highest BCUT2D eigenvalue weighted by Gasteiger charge is 2.43. The Labute approximate surface area is 129 Å². The van der Waals surface area contributed by atoms with E-state index in [0.29, 0.717) is 5.92 Å². The van der Waals surface area contributed by atoms with Gasteiger partial charge in [0.15, 0.2) is 0 Å². The van der Waals surface area contributed by atoms with Crippen LogP contribution in [0.1, 0.15) is 77.6 Å². The Balaban J connectivity index is 1.51. The Hall–Kier alpha value is -0.140. The molecule has 0 spiro atoms.